The molecule has 6 nitrogen and oxygen atoms in total. The third-order valence-corrected chi connectivity index (χ3v) is 6.82. The Balaban J connectivity index is 1.28. The summed E-state index contributed by atoms with van der Waals surface area (Å²) in [5.41, 5.74) is 0.448. The molecule has 1 saturated carbocycles. The molecule has 1 saturated heterocycles. The fourth-order valence-corrected chi connectivity index (χ4v) is 4.91. The van der Waals surface area contributed by atoms with Crippen molar-refractivity contribution in [1.82, 2.24) is 9.88 Å². The van der Waals surface area contributed by atoms with E-state index in [-0.39, 0.29) is 24.2 Å². The SMILES string of the molecule is O=C(Nc1nc(CC(=O)N2CCN(c3cccc(C(F)(F)F)c3)CC2)cs1)C1CCCC1. The van der Waals surface area contributed by atoms with E-state index in [1.165, 1.54) is 17.4 Å². The Kier molecular flexibility index (Phi) is 6.68. The molecule has 0 atom stereocenters. The van der Waals surface area contributed by atoms with Crippen LogP contribution in [0, 0.1) is 5.92 Å². The minimum absolute atomic E-state index is 0.000408. The second-order valence-electron chi connectivity index (χ2n) is 8.21. The van der Waals surface area contributed by atoms with Gasteiger partial charge in [-0.15, -0.1) is 11.3 Å². The zero-order chi connectivity index (χ0) is 22.7. The minimum atomic E-state index is -4.38. The molecule has 2 fully saturated rings. The molecule has 1 aliphatic heterocycles. The first-order chi connectivity index (χ1) is 15.3. The third-order valence-electron chi connectivity index (χ3n) is 6.01. The summed E-state index contributed by atoms with van der Waals surface area (Å²) in [5.74, 6) is -0.0230. The van der Waals surface area contributed by atoms with E-state index in [0.29, 0.717) is 42.7 Å². The third kappa shape index (κ3) is 5.40. The van der Waals surface area contributed by atoms with E-state index in [9.17, 15) is 22.8 Å². The van der Waals surface area contributed by atoms with Crippen LogP contribution in [0.3, 0.4) is 0 Å². The van der Waals surface area contributed by atoms with Gasteiger partial charge in [0.25, 0.3) is 0 Å². The van der Waals surface area contributed by atoms with Crippen LogP contribution >= 0.6 is 11.3 Å². The first kappa shape index (κ1) is 22.6. The van der Waals surface area contributed by atoms with Crippen molar-refractivity contribution >= 4 is 34.0 Å². The number of alkyl halides is 3. The molecule has 4 rings (SSSR count). The maximum atomic E-state index is 13.0. The summed E-state index contributed by atoms with van der Waals surface area (Å²) in [6, 6.07) is 5.26. The number of anilines is 2. The van der Waals surface area contributed by atoms with Crippen molar-refractivity contribution in [2.24, 2.45) is 5.92 Å². The van der Waals surface area contributed by atoms with E-state index in [4.69, 9.17) is 0 Å². The van der Waals surface area contributed by atoms with Crippen molar-refractivity contribution in [3.63, 3.8) is 0 Å². The lowest BCUT2D eigenvalue weighted by atomic mass is 10.1. The van der Waals surface area contributed by atoms with Crippen LogP contribution in [-0.4, -0.2) is 47.9 Å². The highest BCUT2D eigenvalue weighted by molar-refractivity contribution is 7.13. The molecule has 2 aromatic rings. The predicted molar refractivity (Wildman–Crippen MR) is 117 cm³/mol. The summed E-state index contributed by atoms with van der Waals surface area (Å²) >= 11 is 1.31. The molecule has 1 aliphatic carbocycles. The number of amides is 2. The quantitative estimate of drug-likeness (QED) is 0.718. The van der Waals surface area contributed by atoms with Crippen LogP contribution in [-0.2, 0) is 22.2 Å². The first-order valence-corrected chi connectivity index (χ1v) is 11.6. The number of piperazine rings is 1. The fourth-order valence-electron chi connectivity index (χ4n) is 4.20. The lowest BCUT2D eigenvalue weighted by Crippen LogP contribution is -2.49. The van der Waals surface area contributed by atoms with Crippen molar-refractivity contribution in [3.05, 3.63) is 40.9 Å². The van der Waals surface area contributed by atoms with Crippen LogP contribution in [0.2, 0.25) is 0 Å². The van der Waals surface area contributed by atoms with Gasteiger partial charge < -0.3 is 15.1 Å². The molecule has 0 unspecified atom stereocenters. The van der Waals surface area contributed by atoms with Gasteiger partial charge >= 0.3 is 6.18 Å². The second kappa shape index (κ2) is 9.48. The number of thiazole rings is 1. The summed E-state index contributed by atoms with van der Waals surface area (Å²) in [6.07, 6.45) is -0.256. The Morgan fingerprint density at radius 3 is 2.53 bits per heavy atom. The molecule has 0 radical (unpaired) electrons. The zero-order valence-electron chi connectivity index (χ0n) is 17.5. The minimum Gasteiger partial charge on any atom is -0.368 e. The van der Waals surface area contributed by atoms with Gasteiger partial charge in [0, 0.05) is 43.2 Å². The smallest absolute Gasteiger partial charge is 0.368 e. The molecule has 1 aromatic heterocycles. The van der Waals surface area contributed by atoms with Crippen LogP contribution in [0.1, 0.15) is 36.9 Å². The standard InChI is InChI=1S/C22H25F3N4O2S/c23-22(24,25)16-6-3-7-18(12-16)28-8-10-29(11-9-28)19(30)13-17-14-32-21(26-17)27-20(31)15-4-1-2-5-15/h3,6-7,12,14-15H,1-2,4-5,8-11,13H2,(H,26,27,31). The number of halogens is 3. The van der Waals surface area contributed by atoms with Gasteiger partial charge in [0.2, 0.25) is 11.8 Å². The summed E-state index contributed by atoms with van der Waals surface area (Å²) in [5, 5.41) is 5.14. The average molecular weight is 467 g/mol. The summed E-state index contributed by atoms with van der Waals surface area (Å²) in [6.45, 7) is 1.80. The largest absolute Gasteiger partial charge is 0.416 e. The number of hydrogen-bond acceptors (Lipinski definition) is 5. The van der Waals surface area contributed by atoms with Crippen molar-refractivity contribution in [1.29, 1.82) is 0 Å². The number of hydrogen-bond donors (Lipinski definition) is 1. The van der Waals surface area contributed by atoms with E-state index in [1.54, 1.807) is 16.3 Å². The molecular formula is C22H25F3N4O2S. The molecule has 2 amide bonds. The second-order valence-corrected chi connectivity index (χ2v) is 9.07. The molecule has 1 aromatic carbocycles. The van der Waals surface area contributed by atoms with Crippen LogP contribution < -0.4 is 10.2 Å². The molecule has 10 heteroatoms. The highest BCUT2D eigenvalue weighted by Gasteiger charge is 2.31. The molecule has 172 valence electrons. The van der Waals surface area contributed by atoms with E-state index >= 15 is 0 Å². The van der Waals surface area contributed by atoms with Crippen molar-refractivity contribution in [2.45, 2.75) is 38.3 Å². The normalized spacial score (nSPS) is 17.6. The zero-order valence-corrected chi connectivity index (χ0v) is 18.3. The summed E-state index contributed by atoms with van der Waals surface area (Å²) in [7, 11) is 0. The van der Waals surface area contributed by atoms with Gasteiger partial charge in [-0.1, -0.05) is 18.9 Å². The molecular weight excluding hydrogens is 441 g/mol. The Labute approximate surface area is 188 Å². The van der Waals surface area contributed by atoms with Crippen LogP contribution in [0.25, 0.3) is 0 Å². The first-order valence-electron chi connectivity index (χ1n) is 10.7. The molecule has 2 heterocycles. The maximum Gasteiger partial charge on any atom is 0.416 e. The van der Waals surface area contributed by atoms with Crippen molar-refractivity contribution in [3.8, 4) is 0 Å². The Hall–Kier alpha value is -2.62. The molecule has 0 bridgehead atoms. The Morgan fingerprint density at radius 1 is 1.12 bits per heavy atom. The monoisotopic (exact) mass is 466 g/mol. The van der Waals surface area contributed by atoms with E-state index in [2.05, 4.69) is 10.3 Å². The van der Waals surface area contributed by atoms with E-state index < -0.39 is 11.7 Å². The fraction of sp³-hybridized carbons (Fsp3) is 0.500. The Bertz CT molecular complexity index is 964. The van der Waals surface area contributed by atoms with Gasteiger partial charge in [-0.2, -0.15) is 13.2 Å². The topological polar surface area (TPSA) is 65.5 Å². The van der Waals surface area contributed by atoms with Crippen LogP contribution in [0.15, 0.2) is 29.6 Å². The van der Waals surface area contributed by atoms with Gasteiger partial charge in [-0.05, 0) is 31.0 Å². The Morgan fingerprint density at radius 2 is 1.84 bits per heavy atom. The number of carbonyl (C=O) groups is 2. The average Bonchev–Trinajstić information content (AvgIpc) is 3.46. The van der Waals surface area contributed by atoms with Crippen molar-refractivity contribution in [2.75, 3.05) is 36.4 Å². The lowest BCUT2D eigenvalue weighted by Gasteiger charge is -2.36. The highest BCUT2D eigenvalue weighted by Crippen LogP contribution is 2.32. The highest BCUT2D eigenvalue weighted by atomic mass is 32.1. The number of carbonyl (C=O) groups excluding carboxylic acids is 2. The van der Waals surface area contributed by atoms with Crippen LogP contribution in [0.5, 0.6) is 0 Å². The van der Waals surface area contributed by atoms with E-state index in [0.717, 1.165) is 37.8 Å². The van der Waals surface area contributed by atoms with E-state index in [1.807, 2.05) is 4.90 Å². The summed E-state index contributed by atoms with van der Waals surface area (Å²) < 4.78 is 38.9. The van der Waals surface area contributed by atoms with Gasteiger partial charge in [0.05, 0.1) is 17.7 Å². The molecule has 0 spiro atoms. The number of benzene rings is 1. The number of nitrogens with zero attached hydrogens (tertiary/aromatic N) is 3. The lowest BCUT2D eigenvalue weighted by molar-refractivity contribution is -0.137. The number of aromatic nitrogens is 1. The number of nitrogens with one attached hydrogen (secondary N) is 1. The van der Waals surface area contributed by atoms with Gasteiger partial charge in [0.1, 0.15) is 0 Å². The van der Waals surface area contributed by atoms with Crippen molar-refractivity contribution < 1.29 is 22.8 Å². The van der Waals surface area contributed by atoms with Crippen LogP contribution in [0.4, 0.5) is 24.0 Å². The molecule has 32 heavy (non-hydrogen) atoms. The summed E-state index contributed by atoms with van der Waals surface area (Å²) in [4.78, 5) is 32.8. The van der Waals surface area contributed by atoms with Gasteiger partial charge in [-0.3, -0.25) is 9.59 Å². The van der Waals surface area contributed by atoms with Gasteiger partial charge in [0.15, 0.2) is 5.13 Å². The van der Waals surface area contributed by atoms with Gasteiger partial charge in [-0.25, -0.2) is 4.98 Å². The predicted octanol–water partition coefficient (Wildman–Crippen LogP) is 4.18. The molecule has 2 aliphatic rings. The number of rotatable bonds is 5. The maximum absolute atomic E-state index is 13.0. The molecule has 1 N–H and O–H groups in total.